The summed E-state index contributed by atoms with van der Waals surface area (Å²) in [5.41, 5.74) is 6.97. The molecule has 0 aliphatic carbocycles. The van der Waals surface area contributed by atoms with Gasteiger partial charge in [0.15, 0.2) is 11.5 Å². The molecule has 3 N–H and O–H groups in total. The van der Waals surface area contributed by atoms with Crippen molar-refractivity contribution in [3.05, 3.63) is 41.0 Å². The molecule has 0 atom stereocenters. The maximum Gasteiger partial charge on any atom is 0.356 e. The molecule has 0 bridgehead atoms. The summed E-state index contributed by atoms with van der Waals surface area (Å²) in [5, 5.41) is 3.53. The average Bonchev–Trinajstić information content (AvgIpc) is 2.49. The number of hydrogen-bond acceptors (Lipinski definition) is 6. The van der Waals surface area contributed by atoms with E-state index in [0.717, 1.165) is 0 Å². The van der Waals surface area contributed by atoms with E-state index >= 15 is 0 Å². The monoisotopic (exact) mass is 307 g/mol. The lowest BCUT2D eigenvalue weighted by molar-refractivity contribution is 0.0594. The molecule has 0 amide bonds. The molecule has 0 saturated heterocycles. The lowest BCUT2D eigenvalue weighted by Gasteiger charge is -2.13. The largest absolute Gasteiger partial charge is 0.495 e. The van der Waals surface area contributed by atoms with Gasteiger partial charge < -0.3 is 20.5 Å². The third-order valence-electron chi connectivity index (χ3n) is 2.74. The van der Waals surface area contributed by atoms with Crippen LogP contribution in [-0.4, -0.2) is 25.2 Å². The first-order valence-electron chi connectivity index (χ1n) is 6.00. The quantitative estimate of drug-likeness (QED) is 0.845. The van der Waals surface area contributed by atoms with Crippen LogP contribution in [0.3, 0.4) is 0 Å². The summed E-state index contributed by atoms with van der Waals surface area (Å²) in [6.45, 7) is 0. The number of rotatable bonds is 4. The van der Waals surface area contributed by atoms with Crippen molar-refractivity contribution in [2.24, 2.45) is 0 Å². The summed E-state index contributed by atoms with van der Waals surface area (Å²) in [6.07, 6.45) is 0. The van der Waals surface area contributed by atoms with Crippen LogP contribution >= 0.6 is 11.6 Å². The summed E-state index contributed by atoms with van der Waals surface area (Å²) < 4.78 is 9.86. The Morgan fingerprint density at radius 2 is 2.05 bits per heavy atom. The Balaban J connectivity index is 2.39. The van der Waals surface area contributed by atoms with Gasteiger partial charge in [-0.15, -0.1) is 0 Å². The van der Waals surface area contributed by atoms with E-state index in [9.17, 15) is 4.79 Å². The number of nitrogens with zero attached hydrogens (tertiary/aromatic N) is 1. The Hall–Kier alpha value is -2.47. The highest BCUT2D eigenvalue weighted by molar-refractivity contribution is 6.31. The summed E-state index contributed by atoms with van der Waals surface area (Å²) in [4.78, 5) is 15.6. The molecule has 110 valence electrons. The van der Waals surface area contributed by atoms with Gasteiger partial charge in [0.25, 0.3) is 0 Å². The van der Waals surface area contributed by atoms with Crippen molar-refractivity contribution in [1.29, 1.82) is 0 Å². The highest BCUT2D eigenvalue weighted by Gasteiger charge is 2.12. The average molecular weight is 308 g/mol. The number of nitrogens with one attached hydrogen (secondary N) is 1. The molecule has 0 aliphatic rings. The third-order valence-corrected chi connectivity index (χ3v) is 2.97. The van der Waals surface area contributed by atoms with Crippen LogP contribution < -0.4 is 15.8 Å². The molecular weight excluding hydrogens is 294 g/mol. The predicted octanol–water partition coefficient (Wildman–Crippen LogP) is 2.86. The molecule has 7 heteroatoms. The van der Waals surface area contributed by atoms with Crippen LogP contribution in [0.4, 0.5) is 17.2 Å². The molecule has 0 unspecified atom stereocenters. The Labute approximate surface area is 126 Å². The van der Waals surface area contributed by atoms with E-state index in [4.69, 9.17) is 22.1 Å². The van der Waals surface area contributed by atoms with Crippen LogP contribution in [0.1, 0.15) is 10.5 Å². The topological polar surface area (TPSA) is 86.5 Å². The number of anilines is 3. The highest BCUT2D eigenvalue weighted by atomic mass is 35.5. The number of pyridine rings is 1. The summed E-state index contributed by atoms with van der Waals surface area (Å²) in [7, 11) is 2.82. The molecule has 0 fully saturated rings. The number of aromatic nitrogens is 1. The van der Waals surface area contributed by atoms with E-state index in [2.05, 4.69) is 15.0 Å². The first kappa shape index (κ1) is 14.9. The number of carbonyl (C=O) groups excluding carboxylic acids is 1. The number of nitrogen functional groups attached to an aromatic ring is 1. The summed E-state index contributed by atoms with van der Waals surface area (Å²) >= 11 is 5.96. The fourth-order valence-electron chi connectivity index (χ4n) is 1.69. The second-order valence-electron chi connectivity index (χ2n) is 4.10. The van der Waals surface area contributed by atoms with Crippen molar-refractivity contribution < 1.29 is 14.3 Å². The first-order chi connectivity index (χ1) is 10.0. The van der Waals surface area contributed by atoms with Gasteiger partial charge in [-0.1, -0.05) is 11.6 Å². The van der Waals surface area contributed by atoms with Crippen molar-refractivity contribution in [3.63, 3.8) is 0 Å². The second kappa shape index (κ2) is 6.32. The van der Waals surface area contributed by atoms with Gasteiger partial charge in [-0.2, -0.15) is 0 Å². The van der Waals surface area contributed by atoms with Gasteiger partial charge in [-0.05, 0) is 30.3 Å². The Bertz CT molecular complexity index is 677. The SMILES string of the molecule is COC(=O)c1ccc(N)c(Nc2cc(Cl)ccc2OC)n1. The number of benzene rings is 1. The number of carbonyl (C=O) groups is 1. The Kier molecular flexibility index (Phi) is 4.49. The van der Waals surface area contributed by atoms with Crippen molar-refractivity contribution in [2.75, 3.05) is 25.3 Å². The summed E-state index contributed by atoms with van der Waals surface area (Å²) in [6, 6.07) is 8.14. The molecule has 0 aliphatic heterocycles. The van der Waals surface area contributed by atoms with Gasteiger partial charge >= 0.3 is 5.97 Å². The van der Waals surface area contributed by atoms with Crippen molar-refractivity contribution in [3.8, 4) is 5.75 Å². The van der Waals surface area contributed by atoms with Gasteiger partial charge in [0, 0.05) is 5.02 Å². The number of hydrogen-bond donors (Lipinski definition) is 2. The number of esters is 1. The van der Waals surface area contributed by atoms with Crippen molar-refractivity contribution in [2.45, 2.75) is 0 Å². The predicted molar refractivity (Wildman–Crippen MR) is 81.3 cm³/mol. The van der Waals surface area contributed by atoms with Crippen molar-refractivity contribution >= 4 is 34.8 Å². The highest BCUT2D eigenvalue weighted by Crippen LogP contribution is 2.31. The van der Waals surface area contributed by atoms with E-state index in [1.165, 1.54) is 20.3 Å². The minimum absolute atomic E-state index is 0.148. The van der Waals surface area contributed by atoms with Crippen LogP contribution in [0, 0.1) is 0 Å². The molecule has 1 heterocycles. The van der Waals surface area contributed by atoms with Gasteiger partial charge in [-0.3, -0.25) is 0 Å². The van der Waals surface area contributed by atoms with Gasteiger partial charge in [0.1, 0.15) is 5.75 Å². The standard InChI is InChI=1S/C14H14ClN3O3/c1-20-12-6-3-8(15)7-11(12)18-13-9(16)4-5-10(17-13)14(19)21-2/h3-7H,16H2,1-2H3,(H,17,18). The van der Waals surface area contributed by atoms with E-state index in [1.54, 1.807) is 24.3 Å². The molecule has 21 heavy (non-hydrogen) atoms. The fourth-order valence-corrected chi connectivity index (χ4v) is 1.87. The number of halogens is 1. The minimum atomic E-state index is -0.545. The molecule has 2 rings (SSSR count). The van der Waals surface area contributed by atoms with E-state index < -0.39 is 5.97 Å². The maximum atomic E-state index is 11.5. The molecule has 1 aromatic carbocycles. The van der Waals surface area contributed by atoms with Crippen LogP contribution in [0.5, 0.6) is 5.75 Å². The van der Waals surface area contributed by atoms with E-state index in [-0.39, 0.29) is 5.69 Å². The smallest absolute Gasteiger partial charge is 0.356 e. The lowest BCUT2D eigenvalue weighted by atomic mass is 10.2. The zero-order valence-electron chi connectivity index (χ0n) is 11.5. The van der Waals surface area contributed by atoms with Gasteiger partial charge in [-0.25, -0.2) is 9.78 Å². The number of ether oxygens (including phenoxy) is 2. The Morgan fingerprint density at radius 3 is 2.71 bits per heavy atom. The Morgan fingerprint density at radius 1 is 1.29 bits per heavy atom. The fraction of sp³-hybridized carbons (Fsp3) is 0.143. The minimum Gasteiger partial charge on any atom is -0.495 e. The normalized spacial score (nSPS) is 10.0. The van der Waals surface area contributed by atoms with Crippen molar-refractivity contribution in [1.82, 2.24) is 4.98 Å². The zero-order valence-corrected chi connectivity index (χ0v) is 12.3. The third kappa shape index (κ3) is 3.35. The molecular formula is C14H14ClN3O3. The lowest BCUT2D eigenvalue weighted by Crippen LogP contribution is -2.08. The van der Waals surface area contributed by atoms with E-state index in [1.807, 2.05) is 0 Å². The van der Waals surface area contributed by atoms with Gasteiger partial charge in [0.05, 0.1) is 25.6 Å². The second-order valence-corrected chi connectivity index (χ2v) is 4.53. The first-order valence-corrected chi connectivity index (χ1v) is 6.38. The van der Waals surface area contributed by atoms with Crippen LogP contribution in [-0.2, 0) is 4.74 Å². The number of nitrogens with two attached hydrogens (primary N) is 1. The maximum absolute atomic E-state index is 11.5. The molecule has 0 spiro atoms. The summed E-state index contributed by atoms with van der Waals surface area (Å²) in [5.74, 6) is 0.346. The van der Waals surface area contributed by atoms with Crippen LogP contribution in [0.2, 0.25) is 5.02 Å². The van der Waals surface area contributed by atoms with Gasteiger partial charge in [0.2, 0.25) is 0 Å². The molecule has 6 nitrogen and oxygen atoms in total. The van der Waals surface area contributed by atoms with E-state index in [0.29, 0.717) is 28.0 Å². The van der Waals surface area contributed by atoms with Crippen LogP contribution in [0.25, 0.3) is 0 Å². The zero-order chi connectivity index (χ0) is 15.4. The molecule has 2 aromatic rings. The van der Waals surface area contributed by atoms with Crippen LogP contribution in [0.15, 0.2) is 30.3 Å². The number of methoxy groups -OCH3 is 2. The molecule has 1 aromatic heterocycles. The molecule has 0 saturated carbocycles. The molecule has 0 radical (unpaired) electrons.